The molecule has 0 amide bonds. The average Bonchev–Trinajstić information content (AvgIpc) is 3.42. The highest BCUT2D eigenvalue weighted by Crippen LogP contribution is 2.46. The van der Waals surface area contributed by atoms with Gasteiger partial charge in [-0.05, 0) is 56.4 Å². The van der Waals surface area contributed by atoms with Crippen LogP contribution in [0.25, 0.3) is 21.5 Å². The molecule has 2 aromatic heterocycles. The van der Waals surface area contributed by atoms with E-state index in [0.717, 1.165) is 85.5 Å². The molecule has 0 spiro atoms. The van der Waals surface area contributed by atoms with E-state index in [1.165, 1.54) is 17.4 Å². The van der Waals surface area contributed by atoms with Gasteiger partial charge in [0.25, 0.3) is 0 Å². The van der Waals surface area contributed by atoms with E-state index in [1.807, 2.05) is 18.2 Å². The van der Waals surface area contributed by atoms with E-state index in [1.54, 1.807) is 0 Å². The van der Waals surface area contributed by atoms with E-state index in [9.17, 15) is 14.3 Å². The fraction of sp³-hybridized carbons (Fsp3) is 0.393. The topological polar surface area (TPSA) is 82.7 Å². The maximum Gasteiger partial charge on any atom is 0.335 e. The lowest BCUT2D eigenvalue weighted by Crippen LogP contribution is -2.54. The van der Waals surface area contributed by atoms with Gasteiger partial charge in [0.05, 0.1) is 20.3 Å². The standard InChI is InChI=1S/C28H25Cl2FN4O3S/c29-19-2-1-3-20(30)23(19)24-18(26(38-33-24)14-4-5-14)8-9-34-12-16-6-7-17(13-34)35(16)28-32-25-21(31)10-15(27(36)37)11-22(25)39-28/h1-3,10-11,14,16-17H,4-9,12-13H2,(H,36,37). The van der Waals surface area contributed by atoms with Crippen LogP contribution in [0.5, 0.6) is 0 Å². The summed E-state index contributed by atoms with van der Waals surface area (Å²) >= 11 is 14.4. The van der Waals surface area contributed by atoms with E-state index < -0.39 is 11.8 Å². The molecular formula is C28H25Cl2FN4O3S. The predicted octanol–water partition coefficient (Wildman–Crippen LogP) is 6.87. The number of carboxylic acids is 1. The number of benzene rings is 2. The second-order valence-corrected chi connectivity index (χ2v) is 12.5. The summed E-state index contributed by atoms with van der Waals surface area (Å²) in [6.07, 6.45) is 5.09. The van der Waals surface area contributed by atoms with Gasteiger partial charge in [0.2, 0.25) is 0 Å². The Labute approximate surface area is 238 Å². The average molecular weight is 588 g/mol. The van der Waals surface area contributed by atoms with E-state index >= 15 is 0 Å². The second-order valence-electron chi connectivity index (χ2n) is 10.7. The number of halogens is 3. The predicted molar refractivity (Wildman–Crippen MR) is 150 cm³/mol. The van der Waals surface area contributed by atoms with Gasteiger partial charge in [-0.1, -0.05) is 45.8 Å². The molecular weight excluding hydrogens is 562 g/mol. The fourth-order valence-electron chi connectivity index (χ4n) is 6.12. The summed E-state index contributed by atoms with van der Waals surface area (Å²) < 4.78 is 21.0. The van der Waals surface area contributed by atoms with Gasteiger partial charge in [-0.15, -0.1) is 0 Å². The molecule has 202 valence electrons. The van der Waals surface area contributed by atoms with Crippen molar-refractivity contribution in [3.05, 3.63) is 63.1 Å². The Bertz CT molecular complexity index is 1570. The Balaban J connectivity index is 1.11. The van der Waals surface area contributed by atoms with Crippen molar-refractivity contribution in [3.8, 4) is 11.3 Å². The number of fused-ring (bicyclic) bond motifs is 3. The molecule has 39 heavy (non-hydrogen) atoms. The van der Waals surface area contributed by atoms with Crippen LogP contribution in [0.4, 0.5) is 9.52 Å². The molecule has 7 nitrogen and oxygen atoms in total. The molecule has 11 heteroatoms. The minimum absolute atomic E-state index is 0.0558. The molecule has 3 fully saturated rings. The molecule has 7 rings (SSSR count). The quantitative estimate of drug-likeness (QED) is 0.253. The van der Waals surface area contributed by atoms with Crippen molar-refractivity contribution in [2.75, 3.05) is 24.5 Å². The molecule has 2 atom stereocenters. The van der Waals surface area contributed by atoms with Gasteiger partial charge in [0.15, 0.2) is 10.9 Å². The third-order valence-corrected chi connectivity index (χ3v) is 9.75. The molecule has 1 saturated carbocycles. The lowest BCUT2D eigenvalue weighted by Gasteiger charge is -2.41. The van der Waals surface area contributed by atoms with Gasteiger partial charge in [-0.25, -0.2) is 14.2 Å². The molecule has 4 heterocycles. The molecule has 1 N–H and O–H groups in total. The number of hydrogen-bond donors (Lipinski definition) is 1. The van der Waals surface area contributed by atoms with Crippen molar-refractivity contribution in [1.29, 1.82) is 0 Å². The summed E-state index contributed by atoms with van der Waals surface area (Å²) in [5.74, 6) is -0.360. The van der Waals surface area contributed by atoms with E-state index in [-0.39, 0.29) is 23.2 Å². The number of anilines is 1. The number of thiazole rings is 1. The van der Waals surface area contributed by atoms with Crippen LogP contribution in [0, 0.1) is 5.82 Å². The third-order valence-electron chi connectivity index (χ3n) is 8.11. The molecule has 2 aliphatic heterocycles. The molecule has 2 saturated heterocycles. The second kappa shape index (κ2) is 9.73. The van der Waals surface area contributed by atoms with Crippen LogP contribution < -0.4 is 4.90 Å². The number of carboxylic acid groups (broad SMARTS) is 1. The largest absolute Gasteiger partial charge is 0.478 e. The van der Waals surface area contributed by atoms with Crippen molar-refractivity contribution in [3.63, 3.8) is 0 Å². The number of hydrogen-bond acceptors (Lipinski definition) is 7. The molecule has 2 unspecified atom stereocenters. The van der Waals surface area contributed by atoms with Crippen molar-refractivity contribution in [2.24, 2.45) is 0 Å². The number of carbonyl (C=O) groups is 1. The number of piperazine rings is 1. The summed E-state index contributed by atoms with van der Waals surface area (Å²) in [5.41, 5.74) is 2.75. The zero-order valence-corrected chi connectivity index (χ0v) is 23.2. The van der Waals surface area contributed by atoms with Gasteiger partial charge < -0.3 is 14.5 Å². The highest BCUT2D eigenvalue weighted by atomic mass is 35.5. The van der Waals surface area contributed by atoms with Crippen LogP contribution in [-0.2, 0) is 6.42 Å². The number of nitrogens with zero attached hydrogens (tertiary/aromatic N) is 4. The Hall–Kier alpha value is -2.72. The molecule has 0 radical (unpaired) electrons. The first kappa shape index (κ1) is 25.3. The summed E-state index contributed by atoms with van der Waals surface area (Å²) in [6.45, 7) is 2.61. The summed E-state index contributed by atoms with van der Waals surface area (Å²) in [6, 6.07) is 8.58. The van der Waals surface area contributed by atoms with Crippen molar-refractivity contribution in [2.45, 2.75) is 50.1 Å². The van der Waals surface area contributed by atoms with Crippen LogP contribution in [0.15, 0.2) is 34.9 Å². The van der Waals surface area contributed by atoms with Gasteiger partial charge in [-0.3, -0.25) is 4.90 Å². The van der Waals surface area contributed by atoms with Gasteiger partial charge in [-0.2, -0.15) is 0 Å². The summed E-state index contributed by atoms with van der Waals surface area (Å²) in [5, 5.41) is 15.6. The normalized spacial score (nSPS) is 21.3. The van der Waals surface area contributed by atoms with Crippen LogP contribution in [0.3, 0.4) is 0 Å². The zero-order valence-electron chi connectivity index (χ0n) is 20.9. The maximum absolute atomic E-state index is 14.6. The Morgan fingerprint density at radius 1 is 1.13 bits per heavy atom. The molecule has 2 aromatic carbocycles. The smallest absolute Gasteiger partial charge is 0.335 e. The van der Waals surface area contributed by atoms with Crippen LogP contribution in [0.1, 0.15) is 53.3 Å². The summed E-state index contributed by atoms with van der Waals surface area (Å²) in [4.78, 5) is 20.8. The monoisotopic (exact) mass is 586 g/mol. The van der Waals surface area contributed by atoms with Crippen LogP contribution >= 0.6 is 34.5 Å². The number of aromatic nitrogens is 2. The maximum atomic E-state index is 14.6. The number of rotatable bonds is 7. The SMILES string of the molecule is O=C(O)c1cc(F)c2nc(N3C4CCC3CN(CCc3c(-c5c(Cl)cccc5Cl)noc3C3CC3)C4)sc2c1. The van der Waals surface area contributed by atoms with Crippen molar-refractivity contribution >= 4 is 55.9 Å². The van der Waals surface area contributed by atoms with E-state index in [2.05, 4.69) is 19.9 Å². The number of likely N-dealkylation sites (tertiary alicyclic amines) is 1. The minimum Gasteiger partial charge on any atom is -0.478 e. The van der Waals surface area contributed by atoms with Crippen LogP contribution in [-0.4, -0.2) is 57.8 Å². The van der Waals surface area contributed by atoms with Gasteiger partial charge in [0, 0.05) is 48.8 Å². The lowest BCUT2D eigenvalue weighted by atomic mass is 10.0. The Morgan fingerprint density at radius 3 is 2.51 bits per heavy atom. The fourth-order valence-corrected chi connectivity index (χ4v) is 7.86. The van der Waals surface area contributed by atoms with Gasteiger partial charge in [0.1, 0.15) is 17.0 Å². The minimum atomic E-state index is -1.14. The van der Waals surface area contributed by atoms with E-state index in [4.69, 9.17) is 27.7 Å². The first-order valence-corrected chi connectivity index (χ1v) is 14.7. The molecule has 4 aromatic rings. The molecule has 2 bridgehead atoms. The molecule has 1 aliphatic carbocycles. The van der Waals surface area contributed by atoms with E-state index in [0.29, 0.717) is 20.7 Å². The van der Waals surface area contributed by atoms with Gasteiger partial charge >= 0.3 is 5.97 Å². The van der Waals surface area contributed by atoms with Crippen molar-refractivity contribution < 1.29 is 18.8 Å². The summed E-state index contributed by atoms with van der Waals surface area (Å²) in [7, 11) is 0. The Kier molecular flexibility index (Phi) is 6.30. The van der Waals surface area contributed by atoms with Crippen molar-refractivity contribution in [1.82, 2.24) is 15.0 Å². The highest BCUT2D eigenvalue weighted by molar-refractivity contribution is 7.22. The first-order chi connectivity index (χ1) is 18.9. The Morgan fingerprint density at radius 2 is 1.85 bits per heavy atom. The lowest BCUT2D eigenvalue weighted by molar-refractivity contribution is 0.0696. The zero-order chi connectivity index (χ0) is 26.8. The highest BCUT2D eigenvalue weighted by Gasteiger charge is 2.42. The number of aromatic carboxylic acids is 1. The third kappa shape index (κ3) is 4.49. The van der Waals surface area contributed by atoms with Crippen LogP contribution in [0.2, 0.25) is 10.0 Å². The molecule has 3 aliphatic rings. The first-order valence-electron chi connectivity index (χ1n) is 13.1.